The van der Waals surface area contributed by atoms with Crippen molar-refractivity contribution in [2.24, 2.45) is 22.0 Å². The van der Waals surface area contributed by atoms with Gasteiger partial charge in [0.1, 0.15) is 0 Å². The Morgan fingerprint density at radius 3 is 0.429 bits per heavy atom. The molecule has 16 nitrogen and oxygen atoms in total. The van der Waals surface area contributed by atoms with Crippen LogP contribution in [-0.2, 0) is 18.3 Å². The Balaban J connectivity index is -0.0000000533. The van der Waals surface area contributed by atoms with E-state index in [2.05, 4.69) is 22.0 Å². The van der Waals surface area contributed by atoms with Gasteiger partial charge in [-0.25, -0.2) is 40.3 Å². The molecule has 0 rings (SSSR count). The molecule has 21 heavy (non-hydrogen) atoms. The fourth-order valence-electron chi connectivity index (χ4n) is 0. The summed E-state index contributed by atoms with van der Waals surface area (Å²) in [5.74, 6) is 0. The molecule has 0 saturated heterocycles. The molecule has 130 valence electrons. The molecule has 0 bridgehead atoms. The van der Waals surface area contributed by atoms with Crippen molar-refractivity contribution < 1.29 is 57.4 Å². The molecule has 0 unspecified atom stereocenters. The first kappa shape index (κ1) is 33.9. The summed E-state index contributed by atoms with van der Waals surface area (Å²) in [6.45, 7) is 0. The second-order valence-electron chi connectivity index (χ2n) is 2.36. The van der Waals surface area contributed by atoms with Crippen molar-refractivity contribution in [3.63, 3.8) is 0 Å². The van der Waals surface area contributed by atoms with Crippen molar-refractivity contribution >= 4 is 60.5 Å². The molecule has 0 spiro atoms. The van der Waals surface area contributed by atoms with E-state index in [4.69, 9.17) is 57.4 Å². The fourth-order valence-corrected chi connectivity index (χ4v) is 0. The first-order valence-electron chi connectivity index (χ1n) is 3.36. The minimum absolute atomic E-state index is 0. The van der Waals surface area contributed by atoms with Crippen molar-refractivity contribution in [3.05, 3.63) is 0 Å². The summed E-state index contributed by atoms with van der Waals surface area (Å²) in [5, 5.41) is 0. The van der Waals surface area contributed by atoms with Crippen LogP contribution in [0.5, 0.6) is 0 Å². The Labute approximate surface area is 140 Å². The zero-order valence-corrected chi connectivity index (χ0v) is 12.9. The number of hydrogen-bond acceptors (Lipinski definition) is 4. The maximum atomic E-state index is 9.10. The summed E-state index contributed by atoms with van der Waals surface area (Å²) < 4.78 is 36.4. The summed E-state index contributed by atoms with van der Waals surface area (Å²) in [7, 11) is -16.6. The summed E-state index contributed by atoms with van der Waals surface area (Å²) >= 11 is 0. The van der Waals surface area contributed by atoms with Crippen molar-refractivity contribution in [1.29, 1.82) is 0 Å². The van der Waals surface area contributed by atoms with E-state index in [1.165, 1.54) is 0 Å². The van der Waals surface area contributed by atoms with Crippen LogP contribution in [-0.4, -0.2) is 68.7 Å². The zero-order valence-electron chi connectivity index (χ0n) is 9.31. The van der Waals surface area contributed by atoms with E-state index in [1.807, 2.05) is 0 Å². The predicted octanol–water partition coefficient (Wildman–Crippen LogP) is -4.50. The molecular formula is H17N4NaO12P4. The Bertz CT molecular complexity index is 298. The van der Waals surface area contributed by atoms with Crippen LogP contribution < -0.4 is 22.0 Å². The van der Waals surface area contributed by atoms with Gasteiger partial charge in [0, 0.05) is 0 Å². The quantitative estimate of drug-likeness (QED) is 0.132. The van der Waals surface area contributed by atoms with Gasteiger partial charge in [-0.2, -0.15) is 0 Å². The van der Waals surface area contributed by atoms with E-state index in [0.717, 1.165) is 0 Å². The van der Waals surface area contributed by atoms with Crippen LogP contribution in [0.1, 0.15) is 0 Å². The molecule has 0 amide bonds. The molecule has 0 aliphatic carbocycles. The summed E-state index contributed by atoms with van der Waals surface area (Å²) in [4.78, 5) is 59.3. The van der Waals surface area contributed by atoms with Gasteiger partial charge in [0.15, 0.2) is 0 Å². The zero-order chi connectivity index (χ0) is 18.0. The molecule has 21 heteroatoms. The van der Waals surface area contributed by atoms with E-state index in [1.54, 1.807) is 0 Å². The van der Waals surface area contributed by atoms with Crippen molar-refractivity contribution in [3.8, 4) is 0 Å². The average Bonchev–Trinajstić information content (AvgIpc) is 1.62. The first-order valence-corrected chi connectivity index (χ1v) is 10.1. The van der Waals surface area contributed by atoms with Gasteiger partial charge in [-0.15, -0.1) is 0 Å². The van der Waals surface area contributed by atoms with Gasteiger partial charge in [0.25, 0.3) is 0 Å². The van der Waals surface area contributed by atoms with Crippen LogP contribution in [0.3, 0.4) is 0 Å². The van der Waals surface area contributed by atoms with Gasteiger partial charge in [0.2, 0.25) is 0 Å². The van der Waals surface area contributed by atoms with E-state index in [9.17, 15) is 0 Å². The molecule has 0 aromatic heterocycles. The monoisotopic (exact) mass is 412 g/mol. The molecule has 0 heterocycles. The van der Waals surface area contributed by atoms with E-state index < -0.39 is 31.0 Å². The second-order valence-corrected chi connectivity index (χ2v) is 7.07. The normalized spacial score (nSPS) is 11.2. The third kappa shape index (κ3) is 3910. The van der Waals surface area contributed by atoms with Gasteiger partial charge in [0.05, 0.1) is 0 Å². The molecule has 0 aromatic carbocycles. The molecule has 0 saturated carbocycles. The predicted molar refractivity (Wildman–Crippen MR) is 72.1 cm³/mol. The molecular weight excluding hydrogens is 395 g/mol. The van der Waals surface area contributed by atoms with Crippen LogP contribution in [0.2, 0.25) is 0 Å². The van der Waals surface area contributed by atoms with Crippen LogP contribution in [0, 0.1) is 0 Å². The van der Waals surface area contributed by atoms with Crippen LogP contribution >= 0.6 is 31.0 Å². The molecule has 0 aromatic rings. The third-order valence-electron chi connectivity index (χ3n) is 0. The first-order chi connectivity index (χ1) is 8.00. The van der Waals surface area contributed by atoms with Crippen LogP contribution in [0.25, 0.3) is 0 Å². The Hall–Kier alpha value is 1.44. The average molecular weight is 412 g/mol. The molecule has 0 aliphatic heterocycles. The number of hydrogen-bond donors (Lipinski definition) is 12. The van der Waals surface area contributed by atoms with E-state index in [-0.39, 0.29) is 29.6 Å². The molecule has 0 fully saturated rings. The van der Waals surface area contributed by atoms with E-state index >= 15 is 0 Å². The van der Waals surface area contributed by atoms with Gasteiger partial charge < -0.3 is 39.1 Å². The second kappa shape index (κ2) is 13.8. The molecule has 0 radical (unpaired) electrons. The van der Waals surface area contributed by atoms with Crippen LogP contribution in [0.4, 0.5) is 0 Å². The standard InChI is InChI=1S/4H4NO3P.Na.H/c4*1-5(2,3)4;;/h4*(H4,1,2,3,4);;. The Morgan fingerprint density at radius 2 is 0.429 bits per heavy atom. The topological polar surface area (TPSA) is 334 Å². The van der Waals surface area contributed by atoms with Crippen molar-refractivity contribution in [1.82, 2.24) is 0 Å². The van der Waals surface area contributed by atoms with Gasteiger partial charge in [-0.1, -0.05) is 0 Å². The summed E-state index contributed by atoms with van der Waals surface area (Å²) in [6.07, 6.45) is 0. The number of nitrogens with two attached hydrogens (primary N) is 4. The van der Waals surface area contributed by atoms with Gasteiger partial charge in [-0.3, -0.25) is 0 Å². The summed E-state index contributed by atoms with van der Waals surface area (Å²) in [6, 6.07) is 0. The Kier molecular flexibility index (Phi) is 22.4. The maximum absolute atomic E-state index is 9.10. The third-order valence-corrected chi connectivity index (χ3v) is 0. The molecule has 16 N–H and O–H groups in total. The van der Waals surface area contributed by atoms with Gasteiger partial charge in [-0.05, 0) is 0 Å². The minimum atomic E-state index is -4.14. The SMILES string of the molecule is NP(=O)(O)O.NP(=O)(O)O.NP(=O)(O)O.NP(=O)(O)O.[NaH]. The van der Waals surface area contributed by atoms with E-state index in [0.29, 0.717) is 0 Å². The fraction of sp³-hybridized carbons (Fsp3) is 0. The van der Waals surface area contributed by atoms with Crippen molar-refractivity contribution in [2.75, 3.05) is 0 Å². The Morgan fingerprint density at radius 1 is 0.429 bits per heavy atom. The number of rotatable bonds is 0. The van der Waals surface area contributed by atoms with Gasteiger partial charge >= 0.3 is 60.5 Å². The van der Waals surface area contributed by atoms with Crippen LogP contribution in [0.15, 0.2) is 0 Å². The molecule has 0 aliphatic rings. The molecule has 0 atom stereocenters. The summed E-state index contributed by atoms with van der Waals surface area (Å²) in [5.41, 5.74) is 16.1. The van der Waals surface area contributed by atoms with Crippen molar-refractivity contribution in [2.45, 2.75) is 0 Å².